The highest BCUT2D eigenvalue weighted by molar-refractivity contribution is 6.15. The lowest BCUT2D eigenvalue weighted by molar-refractivity contribution is -0.129. The summed E-state index contributed by atoms with van der Waals surface area (Å²) >= 11 is 0. The van der Waals surface area contributed by atoms with Crippen molar-refractivity contribution in [2.75, 3.05) is 20.3 Å². The first-order chi connectivity index (χ1) is 16.4. The molecule has 7 nitrogen and oxygen atoms in total. The van der Waals surface area contributed by atoms with Gasteiger partial charge >= 0.3 is 0 Å². The summed E-state index contributed by atoms with van der Waals surface area (Å²) in [7, 11) is 1.53. The molecule has 2 heterocycles. The van der Waals surface area contributed by atoms with Crippen molar-refractivity contribution in [1.29, 1.82) is 0 Å². The molecule has 0 radical (unpaired) electrons. The summed E-state index contributed by atoms with van der Waals surface area (Å²) in [6.07, 6.45) is 0.561. The van der Waals surface area contributed by atoms with Crippen LogP contribution in [0.5, 0.6) is 11.5 Å². The fourth-order valence-electron chi connectivity index (χ4n) is 4.18. The molecule has 1 aromatic heterocycles. The van der Waals surface area contributed by atoms with Gasteiger partial charge in [-0.25, -0.2) is 0 Å². The van der Waals surface area contributed by atoms with Gasteiger partial charge in [-0.05, 0) is 55.7 Å². The van der Waals surface area contributed by atoms with Crippen LogP contribution in [0.2, 0.25) is 0 Å². The SMILES string of the molecule is CCOc1ccc(C2C(C(=O)c3ccc(C)o3)=C(O)C(=O)N2CCc2ccccc2)cc1OC. The predicted molar refractivity (Wildman–Crippen MR) is 126 cm³/mol. The number of aryl methyl sites for hydroxylation is 1. The molecule has 3 aromatic rings. The third kappa shape index (κ3) is 4.41. The average Bonchev–Trinajstić information content (AvgIpc) is 3.39. The van der Waals surface area contributed by atoms with Gasteiger partial charge in [0.15, 0.2) is 23.0 Å². The van der Waals surface area contributed by atoms with E-state index in [1.807, 2.05) is 37.3 Å². The monoisotopic (exact) mass is 461 g/mol. The molecular formula is C27H27NO6. The van der Waals surface area contributed by atoms with Crippen molar-refractivity contribution in [1.82, 2.24) is 4.90 Å². The van der Waals surface area contributed by atoms with Crippen molar-refractivity contribution in [2.24, 2.45) is 0 Å². The summed E-state index contributed by atoms with van der Waals surface area (Å²) in [4.78, 5) is 28.1. The number of carbonyl (C=O) groups excluding carboxylic acids is 2. The van der Waals surface area contributed by atoms with Crippen molar-refractivity contribution in [3.8, 4) is 11.5 Å². The van der Waals surface area contributed by atoms with Gasteiger partial charge in [0.1, 0.15) is 5.76 Å². The van der Waals surface area contributed by atoms with Gasteiger partial charge in [-0.2, -0.15) is 0 Å². The number of ketones is 1. The van der Waals surface area contributed by atoms with Crippen molar-refractivity contribution >= 4 is 11.7 Å². The summed E-state index contributed by atoms with van der Waals surface area (Å²) in [5, 5.41) is 10.8. The number of hydrogen-bond acceptors (Lipinski definition) is 6. The first kappa shape index (κ1) is 23.2. The molecule has 1 atom stereocenters. The minimum Gasteiger partial charge on any atom is -0.503 e. The number of nitrogens with zero attached hydrogens (tertiary/aromatic N) is 1. The van der Waals surface area contributed by atoms with Gasteiger partial charge < -0.3 is 23.9 Å². The first-order valence-corrected chi connectivity index (χ1v) is 11.1. The maximum atomic E-state index is 13.4. The molecule has 0 bridgehead atoms. The lowest BCUT2D eigenvalue weighted by Gasteiger charge is -2.27. The molecule has 0 saturated heterocycles. The highest BCUT2D eigenvalue weighted by Gasteiger charge is 2.44. The molecule has 34 heavy (non-hydrogen) atoms. The molecule has 1 aliphatic rings. The molecule has 0 aliphatic carbocycles. The molecule has 1 amide bonds. The number of methoxy groups -OCH3 is 1. The topological polar surface area (TPSA) is 89.2 Å². The van der Waals surface area contributed by atoms with Crippen LogP contribution < -0.4 is 9.47 Å². The van der Waals surface area contributed by atoms with E-state index < -0.39 is 23.5 Å². The number of Topliss-reactive ketones (excluding diaryl/α,β-unsaturated/α-hetero) is 1. The quantitative estimate of drug-likeness (QED) is 0.460. The van der Waals surface area contributed by atoms with Crippen molar-refractivity contribution < 1.29 is 28.6 Å². The Morgan fingerprint density at radius 3 is 2.50 bits per heavy atom. The molecule has 1 aliphatic heterocycles. The Morgan fingerprint density at radius 1 is 1.09 bits per heavy atom. The van der Waals surface area contributed by atoms with E-state index in [1.165, 1.54) is 12.0 Å². The van der Waals surface area contributed by atoms with Gasteiger partial charge in [0.05, 0.1) is 25.3 Å². The second kappa shape index (κ2) is 9.87. The summed E-state index contributed by atoms with van der Waals surface area (Å²) in [5.74, 6) is -0.0319. The first-order valence-electron chi connectivity index (χ1n) is 11.1. The third-order valence-corrected chi connectivity index (χ3v) is 5.80. The Balaban J connectivity index is 1.76. The van der Waals surface area contributed by atoms with Crippen LogP contribution in [0.1, 0.15) is 40.4 Å². The van der Waals surface area contributed by atoms with Crippen LogP contribution in [0, 0.1) is 6.92 Å². The van der Waals surface area contributed by atoms with Crippen LogP contribution in [0.3, 0.4) is 0 Å². The Kier molecular flexibility index (Phi) is 6.72. The number of amides is 1. The van der Waals surface area contributed by atoms with E-state index >= 15 is 0 Å². The fourth-order valence-corrected chi connectivity index (χ4v) is 4.18. The van der Waals surface area contributed by atoms with E-state index in [1.54, 1.807) is 37.3 Å². The number of aliphatic hydroxyl groups excluding tert-OH is 1. The molecule has 4 rings (SSSR count). The van der Waals surface area contributed by atoms with Crippen LogP contribution in [-0.4, -0.2) is 42.0 Å². The number of hydrogen-bond donors (Lipinski definition) is 1. The fraction of sp³-hybridized carbons (Fsp3) is 0.259. The smallest absolute Gasteiger partial charge is 0.290 e. The number of rotatable bonds is 9. The van der Waals surface area contributed by atoms with E-state index in [0.717, 1.165) is 5.56 Å². The van der Waals surface area contributed by atoms with Crippen molar-refractivity contribution in [2.45, 2.75) is 26.3 Å². The Morgan fingerprint density at radius 2 is 1.85 bits per heavy atom. The Bertz CT molecular complexity index is 1230. The summed E-state index contributed by atoms with van der Waals surface area (Å²) < 4.78 is 16.6. The lowest BCUT2D eigenvalue weighted by atomic mass is 9.94. The lowest BCUT2D eigenvalue weighted by Crippen LogP contribution is -2.33. The van der Waals surface area contributed by atoms with E-state index in [4.69, 9.17) is 13.9 Å². The maximum absolute atomic E-state index is 13.4. The van der Waals surface area contributed by atoms with Gasteiger partial charge in [-0.3, -0.25) is 9.59 Å². The minimum absolute atomic E-state index is 0.0152. The molecule has 7 heteroatoms. The van der Waals surface area contributed by atoms with E-state index in [-0.39, 0.29) is 11.3 Å². The molecule has 0 spiro atoms. The van der Waals surface area contributed by atoms with E-state index in [0.29, 0.717) is 42.4 Å². The molecule has 176 valence electrons. The van der Waals surface area contributed by atoms with Gasteiger partial charge in [-0.1, -0.05) is 36.4 Å². The second-order valence-electron chi connectivity index (χ2n) is 7.98. The van der Waals surface area contributed by atoms with Crippen molar-refractivity contribution in [3.05, 3.63) is 94.6 Å². The Labute approximate surface area is 198 Å². The van der Waals surface area contributed by atoms with E-state index in [9.17, 15) is 14.7 Å². The largest absolute Gasteiger partial charge is 0.503 e. The van der Waals surface area contributed by atoms with Crippen molar-refractivity contribution in [3.63, 3.8) is 0 Å². The molecule has 0 saturated carbocycles. The standard InChI is InChI=1S/C27H27NO6/c1-4-33-20-13-11-19(16-22(20)32-3)24-23(25(29)21-12-10-17(2)34-21)26(30)27(31)28(24)15-14-18-8-6-5-7-9-18/h5-13,16,24,30H,4,14-15H2,1-3H3. The number of furan rings is 1. The normalized spacial score (nSPS) is 15.7. The van der Waals surface area contributed by atoms with Gasteiger partial charge in [0, 0.05) is 6.54 Å². The van der Waals surface area contributed by atoms with Crippen LogP contribution in [0.25, 0.3) is 0 Å². The van der Waals surface area contributed by atoms with Crippen LogP contribution >= 0.6 is 0 Å². The number of benzene rings is 2. The summed E-state index contributed by atoms with van der Waals surface area (Å²) in [5.41, 5.74) is 1.65. The van der Waals surface area contributed by atoms with Crippen LogP contribution in [0.4, 0.5) is 0 Å². The zero-order valence-corrected chi connectivity index (χ0v) is 19.4. The number of ether oxygens (including phenoxy) is 2. The molecule has 2 aromatic carbocycles. The summed E-state index contributed by atoms with van der Waals surface area (Å²) in [6.45, 7) is 4.37. The number of carbonyl (C=O) groups is 2. The average molecular weight is 462 g/mol. The molecule has 0 fully saturated rings. The Hall–Kier alpha value is -4.00. The molecule has 1 N–H and O–H groups in total. The second-order valence-corrected chi connectivity index (χ2v) is 7.98. The van der Waals surface area contributed by atoms with Gasteiger partial charge in [-0.15, -0.1) is 0 Å². The molecular weight excluding hydrogens is 434 g/mol. The number of aliphatic hydroxyl groups is 1. The minimum atomic E-state index is -0.807. The van der Waals surface area contributed by atoms with E-state index in [2.05, 4.69) is 0 Å². The summed E-state index contributed by atoms with van der Waals surface area (Å²) in [6, 6.07) is 17.4. The third-order valence-electron chi connectivity index (χ3n) is 5.80. The predicted octanol–water partition coefficient (Wildman–Crippen LogP) is 4.82. The molecule has 1 unspecified atom stereocenters. The van der Waals surface area contributed by atoms with Crippen LogP contribution in [0.15, 0.2) is 76.4 Å². The zero-order chi connectivity index (χ0) is 24.2. The van der Waals surface area contributed by atoms with Crippen LogP contribution in [-0.2, 0) is 11.2 Å². The maximum Gasteiger partial charge on any atom is 0.290 e. The highest BCUT2D eigenvalue weighted by Crippen LogP contribution is 2.42. The van der Waals surface area contributed by atoms with Gasteiger partial charge in [0.25, 0.3) is 5.91 Å². The van der Waals surface area contributed by atoms with Gasteiger partial charge in [0.2, 0.25) is 5.78 Å². The highest BCUT2D eigenvalue weighted by atomic mass is 16.5. The zero-order valence-electron chi connectivity index (χ0n) is 19.4.